The number of benzene rings is 2. The average molecular weight is 494 g/mol. The molecular formula is C26H27N3O3S2. The molecule has 1 aliphatic rings. The first-order chi connectivity index (χ1) is 16.3. The van der Waals surface area contributed by atoms with Gasteiger partial charge in [0.15, 0.2) is 4.80 Å². The van der Waals surface area contributed by atoms with E-state index >= 15 is 0 Å². The Balaban J connectivity index is 1.90. The molecule has 176 valence electrons. The zero-order valence-corrected chi connectivity index (χ0v) is 21.5. The highest BCUT2D eigenvalue weighted by Gasteiger charge is 2.33. The van der Waals surface area contributed by atoms with Crippen molar-refractivity contribution < 1.29 is 9.53 Å². The highest BCUT2D eigenvalue weighted by molar-refractivity contribution is 7.98. The van der Waals surface area contributed by atoms with Crippen LogP contribution in [-0.2, 0) is 9.53 Å². The third-order valence-corrected chi connectivity index (χ3v) is 7.38. The van der Waals surface area contributed by atoms with Crippen LogP contribution in [0, 0.1) is 0 Å². The Kier molecular flexibility index (Phi) is 7.09. The number of allylic oxidation sites excluding steroid dienone is 1. The SMILES string of the molecule is CCOC(=O)C1=C(C)N=c2s/c(=C\c3ccc(SC)cc3)c(=O)n2C1c1ccc(N(C)C)cc1. The quantitative estimate of drug-likeness (QED) is 0.388. The number of hydrogen-bond donors (Lipinski definition) is 0. The number of nitrogens with zero attached hydrogens (tertiary/aromatic N) is 3. The summed E-state index contributed by atoms with van der Waals surface area (Å²) >= 11 is 3.00. The number of aromatic nitrogens is 1. The van der Waals surface area contributed by atoms with Gasteiger partial charge in [0.1, 0.15) is 0 Å². The minimum Gasteiger partial charge on any atom is -0.463 e. The third-order valence-electron chi connectivity index (χ3n) is 5.66. The van der Waals surface area contributed by atoms with E-state index in [1.807, 2.05) is 79.9 Å². The van der Waals surface area contributed by atoms with Gasteiger partial charge in [0.05, 0.1) is 28.5 Å². The van der Waals surface area contributed by atoms with Crippen molar-refractivity contribution in [3.63, 3.8) is 0 Å². The first kappa shape index (κ1) is 24.0. The Bertz CT molecular complexity index is 1420. The van der Waals surface area contributed by atoms with E-state index in [1.165, 1.54) is 11.3 Å². The molecule has 0 spiro atoms. The molecule has 3 aromatic rings. The molecule has 0 saturated carbocycles. The molecule has 8 heteroatoms. The average Bonchev–Trinajstić information content (AvgIpc) is 3.13. The lowest BCUT2D eigenvalue weighted by Crippen LogP contribution is -2.39. The highest BCUT2D eigenvalue weighted by Crippen LogP contribution is 2.31. The van der Waals surface area contributed by atoms with E-state index in [0.29, 0.717) is 20.6 Å². The summed E-state index contributed by atoms with van der Waals surface area (Å²) < 4.78 is 7.55. The number of ether oxygens (including phenoxy) is 1. The summed E-state index contributed by atoms with van der Waals surface area (Å²) in [5, 5.41) is 0. The summed E-state index contributed by atoms with van der Waals surface area (Å²) in [5.41, 5.74) is 3.59. The minimum absolute atomic E-state index is 0.173. The minimum atomic E-state index is -0.604. The van der Waals surface area contributed by atoms with E-state index in [1.54, 1.807) is 30.2 Å². The third kappa shape index (κ3) is 4.60. The standard InChI is InChI=1S/C26H27N3O3S2/c1-6-32-25(31)22-16(2)27-26-29(23(22)18-9-11-19(12-10-18)28(3)4)24(30)21(34-26)15-17-7-13-20(33-5)14-8-17/h7-15,23H,6H2,1-5H3/b21-15-. The number of carbonyl (C=O) groups is 1. The van der Waals surface area contributed by atoms with Gasteiger partial charge in [-0.1, -0.05) is 35.6 Å². The molecule has 0 saturated heterocycles. The Labute approximate surface area is 206 Å². The van der Waals surface area contributed by atoms with E-state index in [4.69, 9.17) is 4.74 Å². The molecule has 4 rings (SSSR count). The van der Waals surface area contributed by atoms with E-state index in [2.05, 4.69) is 4.99 Å². The van der Waals surface area contributed by atoms with Crippen LogP contribution in [0.4, 0.5) is 5.69 Å². The summed E-state index contributed by atoms with van der Waals surface area (Å²) in [7, 11) is 3.94. The smallest absolute Gasteiger partial charge is 0.338 e. The lowest BCUT2D eigenvalue weighted by atomic mass is 9.95. The second kappa shape index (κ2) is 10.0. The van der Waals surface area contributed by atoms with Gasteiger partial charge in [-0.2, -0.15) is 0 Å². The maximum atomic E-state index is 13.6. The van der Waals surface area contributed by atoms with Crippen LogP contribution in [0.3, 0.4) is 0 Å². The summed E-state index contributed by atoms with van der Waals surface area (Å²) in [4.78, 5) is 35.0. The van der Waals surface area contributed by atoms with Gasteiger partial charge in [-0.05, 0) is 61.6 Å². The fourth-order valence-corrected chi connectivity index (χ4v) is 5.37. The van der Waals surface area contributed by atoms with Gasteiger partial charge >= 0.3 is 5.97 Å². The summed E-state index contributed by atoms with van der Waals surface area (Å²) in [6.45, 7) is 3.82. The van der Waals surface area contributed by atoms with Crippen LogP contribution < -0.4 is 19.8 Å². The monoisotopic (exact) mass is 493 g/mol. The van der Waals surface area contributed by atoms with Crippen molar-refractivity contribution in [3.8, 4) is 0 Å². The van der Waals surface area contributed by atoms with E-state index in [-0.39, 0.29) is 12.2 Å². The molecule has 0 radical (unpaired) electrons. The number of rotatable bonds is 6. The zero-order chi connectivity index (χ0) is 24.4. The maximum absolute atomic E-state index is 13.6. The number of thioether (sulfide) groups is 1. The van der Waals surface area contributed by atoms with Crippen molar-refractivity contribution in [2.75, 3.05) is 31.9 Å². The van der Waals surface area contributed by atoms with Crippen molar-refractivity contribution in [1.29, 1.82) is 0 Å². The Morgan fingerprint density at radius 3 is 2.44 bits per heavy atom. The molecule has 0 fully saturated rings. The van der Waals surface area contributed by atoms with Crippen molar-refractivity contribution in [2.45, 2.75) is 24.8 Å². The highest BCUT2D eigenvalue weighted by atomic mass is 32.2. The van der Waals surface area contributed by atoms with Crippen LogP contribution >= 0.6 is 23.1 Å². The molecule has 1 unspecified atom stereocenters. The normalized spacial score (nSPS) is 15.7. The van der Waals surface area contributed by atoms with Crippen LogP contribution in [0.1, 0.15) is 31.0 Å². The van der Waals surface area contributed by atoms with Crippen molar-refractivity contribution in [1.82, 2.24) is 4.57 Å². The van der Waals surface area contributed by atoms with Crippen LogP contribution in [-0.4, -0.2) is 37.5 Å². The molecule has 2 heterocycles. The van der Waals surface area contributed by atoms with Crippen molar-refractivity contribution >= 4 is 40.8 Å². The van der Waals surface area contributed by atoms with Gasteiger partial charge in [-0.15, -0.1) is 11.8 Å². The zero-order valence-electron chi connectivity index (χ0n) is 19.9. The maximum Gasteiger partial charge on any atom is 0.338 e. The molecule has 1 aromatic heterocycles. The Morgan fingerprint density at radius 1 is 1.18 bits per heavy atom. The van der Waals surface area contributed by atoms with Gasteiger partial charge in [0, 0.05) is 24.7 Å². The summed E-state index contributed by atoms with van der Waals surface area (Å²) in [5.74, 6) is -0.452. The lowest BCUT2D eigenvalue weighted by molar-refractivity contribution is -0.139. The molecule has 0 amide bonds. The van der Waals surface area contributed by atoms with Gasteiger partial charge in [0.2, 0.25) is 0 Å². The Hall–Kier alpha value is -3.10. The van der Waals surface area contributed by atoms with Gasteiger partial charge < -0.3 is 9.64 Å². The predicted octanol–water partition coefficient (Wildman–Crippen LogP) is 3.59. The van der Waals surface area contributed by atoms with Crippen LogP contribution in [0.25, 0.3) is 6.08 Å². The molecule has 1 aliphatic heterocycles. The summed E-state index contributed by atoms with van der Waals surface area (Å²) in [6, 6.07) is 15.3. The second-order valence-corrected chi connectivity index (χ2v) is 9.95. The lowest BCUT2D eigenvalue weighted by Gasteiger charge is -2.25. The number of thiazole rings is 1. The van der Waals surface area contributed by atoms with Gasteiger partial charge in [0.25, 0.3) is 5.56 Å². The molecule has 0 aliphatic carbocycles. The molecule has 1 atom stereocenters. The topological polar surface area (TPSA) is 63.9 Å². The van der Waals surface area contributed by atoms with Crippen molar-refractivity contribution in [2.24, 2.45) is 4.99 Å². The molecule has 2 aromatic carbocycles. The predicted molar refractivity (Wildman–Crippen MR) is 139 cm³/mol. The molecule has 6 nitrogen and oxygen atoms in total. The molecular weight excluding hydrogens is 466 g/mol. The van der Waals surface area contributed by atoms with Gasteiger partial charge in [-0.3, -0.25) is 9.36 Å². The van der Waals surface area contributed by atoms with Crippen molar-refractivity contribution in [3.05, 3.63) is 90.6 Å². The fraction of sp³-hybridized carbons (Fsp3) is 0.269. The van der Waals surface area contributed by atoms with E-state index in [9.17, 15) is 9.59 Å². The summed E-state index contributed by atoms with van der Waals surface area (Å²) in [6.07, 6.45) is 3.91. The van der Waals surface area contributed by atoms with Crippen LogP contribution in [0.2, 0.25) is 0 Å². The van der Waals surface area contributed by atoms with E-state index in [0.717, 1.165) is 21.7 Å². The molecule has 0 bridgehead atoms. The van der Waals surface area contributed by atoms with E-state index < -0.39 is 12.0 Å². The van der Waals surface area contributed by atoms with Crippen LogP contribution in [0.5, 0.6) is 0 Å². The molecule has 34 heavy (non-hydrogen) atoms. The van der Waals surface area contributed by atoms with Crippen LogP contribution in [0.15, 0.2) is 74.5 Å². The first-order valence-corrected chi connectivity index (χ1v) is 13.0. The number of carbonyl (C=O) groups excluding carboxylic acids is 1. The number of fused-ring (bicyclic) bond motifs is 1. The molecule has 0 N–H and O–H groups in total. The van der Waals surface area contributed by atoms with Gasteiger partial charge in [-0.25, -0.2) is 9.79 Å². The number of hydrogen-bond acceptors (Lipinski definition) is 7. The first-order valence-electron chi connectivity index (χ1n) is 10.9. The second-order valence-electron chi connectivity index (χ2n) is 8.06. The number of esters is 1. The Morgan fingerprint density at radius 2 is 1.85 bits per heavy atom. The fourth-order valence-electron chi connectivity index (χ4n) is 3.91. The number of anilines is 1. The largest absolute Gasteiger partial charge is 0.463 e.